The van der Waals surface area contributed by atoms with Crippen LogP contribution in [-0.2, 0) is 16.8 Å². The lowest BCUT2D eigenvalue weighted by molar-refractivity contribution is 0.0946. The first-order valence-electron chi connectivity index (χ1n) is 9.13. The number of carbonyl (C=O) groups excluding carboxylic acids is 1. The highest BCUT2D eigenvalue weighted by Gasteiger charge is 2.21. The number of nitrogens with one attached hydrogen (secondary N) is 1. The Morgan fingerprint density at radius 1 is 1.03 bits per heavy atom. The molecule has 0 unspecified atom stereocenters. The average Bonchev–Trinajstić information content (AvgIpc) is 3.21. The van der Waals surface area contributed by atoms with Crippen molar-refractivity contribution in [2.75, 3.05) is 25.4 Å². The van der Waals surface area contributed by atoms with Crippen LogP contribution in [0.25, 0.3) is 11.4 Å². The number of rotatable bonds is 7. The maximum Gasteiger partial charge on any atom is 0.303 e. The number of hydrogen-bond acceptors (Lipinski definition) is 6. The molecule has 1 amide bonds. The normalized spacial score (nSPS) is 11.5. The molecule has 3 aromatic rings. The molecule has 0 atom stereocenters. The van der Waals surface area contributed by atoms with Crippen molar-refractivity contribution >= 4 is 21.8 Å². The third-order valence-electron chi connectivity index (χ3n) is 4.48. The van der Waals surface area contributed by atoms with Crippen LogP contribution in [0.2, 0.25) is 0 Å². The van der Waals surface area contributed by atoms with Gasteiger partial charge in [-0.2, -0.15) is 17.7 Å². The standard InChI is InChI=1S/C20H23N5O4S/c1-14-5-7-15(8-6-14)19-22-18(29-23-19)13-21-20(26)16-9-11-17(12-10-16)25(4)30(27,28)24(2)3/h5-12H,13H2,1-4H3,(H,21,26). The van der Waals surface area contributed by atoms with Gasteiger partial charge < -0.3 is 9.84 Å². The molecule has 1 heterocycles. The number of anilines is 1. The van der Waals surface area contributed by atoms with Crippen molar-refractivity contribution in [3.63, 3.8) is 0 Å². The first-order chi connectivity index (χ1) is 14.2. The molecular weight excluding hydrogens is 406 g/mol. The first kappa shape index (κ1) is 21.5. The summed E-state index contributed by atoms with van der Waals surface area (Å²) in [6.45, 7) is 2.07. The molecule has 0 spiro atoms. The molecule has 0 saturated heterocycles. The molecule has 0 aliphatic carbocycles. The summed E-state index contributed by atoms with van der Waals surface area (Å²) in [6, 6.07) is 14.0. The van der Waals surface area contributed by atoms with Gasteiger partial charge in [0, 0.05) is 32.3 Å². The van der Waals surface area contributed by atoms with E-state index in [1.807, 2.05) is 31.2 Å². The zero-order chi connectivity index (χ0) is 21.9. The van der Waals surface area contributed by atoms with E-state index in [-0.39, 0.29) is 18.3 Å². The fourth-order valence-corrected chi connectivity index (χ4v) is 3.48. The Balaban J connectivity index is 1.62. The van der Waals surface area contributed by atoms with E-state index in [1.54, 1.807) is 24.3 Å². The molecule has 10 heteroatoms. The highest BCUT2D eigenvalue weighted by atomic mass is 32.2. The Morgan fingerprint density at radius 3 is 2.27 bits per heavy atom. The fourth-order valence-electron chi connectivity index (χ4n) is 2.61. The van der Waals surface area contributed by atoms with Crippen molar-refractivity contribution in [2.45, 2.75) is 13.5 Å². The van der Waals surface area contributed by atoms with Gasteiger partial charge >= 0.3 is 10.2 Å². The molecule has 0 aliphatic heterocycles. The van der Waals surface area contributed by atoms with Crippen LogP contribution in [0.1, 0.15) is 21.8 Å². The Labute approximate surface area is 175 Å². The van der Waals surface area contributed by atoms with Gasteiger partial charge in [0.05, 0.1) is 12.2 Å². The van der Waals surface area contributed by atoms with Crippen LogP contribution in [0.4, 0.5) is 5.69 Å². The number of aromatic nitrogens is 2. The van der Waals surface area contributed by atoms with Gasteiger partial charge in [0.1, 0.15) is 0 Å². The molecule has 0 bridgehead atoms. The highest BCUT2D eigenvalue weighted by Crippen LogP contribution is 2.19. The summed E-state index contributed by atoms with van der Waals surface area (Å²) >= 11 is 0. The van der Waals surface area contributed by atoms with E-state index in [0.29, 0.717) is 17.1 Å². The number of nitrogens with zero attached hydrogens (tertiary/aromatic N) is 4. The van der Waals surface area contributed by atoms with Crippen LogP contribution in [-0.4, -0.2) is 49.9 Å². The second kappa shape index (κ2) is 8.64. The Kier molecular flexibility index (Phi) is 6.18. The van der Waals surface area contributed by atoms with E-state index >= 15 is 0 Å². The first-order valence-corrected chi connectivity index (χ1v) is 10.5. The summed E-state index contributed by atoms with van der Waals surface area (Å²) in [4.78, 5) is 16.7. The number of benzene rings is 2. The van der Waals surface area contributed by atoms with Gasteiger partial charge in [-0.05, 0) is 31.2 Å². The largest absolute Gasteiger partial charge is 0.343 e. The Morgan fingerprint density at radius 2 is 1.67 bits per heavy atom. The Hall–Kier alpha value is -3.24. The summed E-state index contributed by atoms with van der Waals surface area (Å²) in [5.41, 5.74) is 2.79. The maximum absolute atomic E-state index is 12.4. The lowest BCUT2D eigenvalue weighted by Gasteiger charge is -2.23. The van der Waals surface area contributed by atoms with Crippen molar-refractivity contribution in [3.8, 4) is 11.4 Å². The zero-order valence-electron chi connectivity index (χ0n) is 17.2. The summed E-state index contributed by atoms with van der Waals surface area (Å²) in [5.74, 6) is 0.399. The smallest absolute Gasteiger partial charge is 0.303 e. The predicted molar refractivity (Wildman–Crippen MR) is 113 cm³/mol. The lowest BCUT2D eigenvalue weighted by Crippen LogP contribution is -2.37. The van der Waals surface area contributed by atoms with E-state index in [1.165, 1.54) is 21.1 Å². The summed E-state index contributed by atoms with van der Waals surface area (Å²) in [7, 11) is 0.764. The summed E-state index contributed by atoms with van der Waals surface area (Å²) in [6.07, 6.45) is 0. The number of aryl methyl sites for hydroxylation is 1. The van der Waals surface area contributed by atoms with Gasteiger partial charge in [0.25, 0.3) is 5.91 Å². The molecule has 1 N–H and O–H groups in total. The van der Waals surface area contributed by atoms with Gasteiger partial charge in [-0.15, -0.1) is 0 Å². The molecule has 30 heavy (non-hydrogen) atoms. The van der Waals surface area contributed by atoms with Gasteiger partial charge in [0.2, 0.25) is 11.7 Å². The topological polar surface area (TPSA) is 109 Å². The van der Waals surface area contributed by atoms with Crippen LogP contribution in [0.15, 0.2) is 53.1 Å². The van der Waals surface area contributed by atoms with Crippen molar-refractivity contribution in [1.29, 1.82) is 0 Å². The average molecular weight is 430 g/mol. The third kappa shape index (κ3) is 4.66. The molecule has 3 rings (SSSR count). The van der Waals surface area contributed by atoms with E-state index in [0.717, 1.165) is 19.7 Å². The molecule has 0 saturated carbocycles. The molecule has 0 aliphatic rings. The molecule has 1 aromatic heterocycles. The van der Waals surface area contributed by atoms with Gasteiger partial charge in [-0.25, -0.2) is 0 Å². The number of hydrogen-bond donors (Lipinski definition) is 1. The zero-order valence-corrected chi connectivity index (χ0v) is 18.0. The van der Waals surface area contributed by atoms with Crippen LogP contribution < -0.4 is 9.62 Å². The lowest BCUT2D eigenvalue weighted by atomic mass is 10.1. The second-order valence-electron chi connectivity index (χ2n) is 6.86. The maximum atomic E-state index is 12.4. The van der Waals surface area contributed by atoms with E-state index < -0.39 is 10.2 Å². The third-order valence-corrected chi connectivity index (χ3v) is 6.30. The van der Waals surface area contributed by atoms with Crippen LogP contribution in [0.5, 0.6) is 0 Å². The minimum atomic E-state index is -3.59. The van der Waals surface area contributed by atoms with Gasteiger partial charge in [-0.3, -0.25) is 9.10 Å². The molecule has 158 valence electrons. The van der Waals surface area contributed by atoms with Crippen LogP contribution in [0, 0.1) is 6.92 Å². The predicted octanol–water partition coefficient (Wildman–Crippen LogP) is 2.22. The van der Waals surface area contributed by atoms with Crippen molar-refractivity contribution in [1.82, 2.24) is 19.8 Å². The Bertz CT molecular complexity index is 1120. The minimum Gasteiger partial charge on any atom is -0.343 e. The van der Waals surface area contributed by atoms with Crippen molar-refractivity contribution < 1.29 is 17.7 Å². The number of carbonyl (C=O) groups is 1. The molecule has 2 aromatic carbocycles. The number of amides is 1. The van der Waals surface area contributed by atoms with Gasteiger partial charge in [0.15, 0.2) is 0 Å². The molecule has 9 nitrogen and oxygen atoms in total. The van der Waals surface area contributed by atoms with Crippen LogP contribution in [0.3, 0.4) is 0 Å². The van der Waals surface area contributed by atoms with E-state index in [9.17, 15) is 13.2 Å². The van der Waals surface area contributed by atoms with Crippen molar-refractivity contribution in [3.05, 3.63) is 65.5 Å². The summed E-state index contributed by atoms with van der Waals surface area (Å²) < 4.78 is 31.8. The van der Waals surface area contributed by atoms with Crippen LogP contribution >= 0.6 is 0 Å². The van der Waals surface area contributed by atoms with E-state index in [2.05, 4.69) is 15.5 Å². The molecule has 0 fully saturated rings. The SMILES string of the molecule is Cc1ccc(-c2noc(CNC(=O)c3ccc(N(C)S(=O)(=O)N(C)C)cc3)n2)cc1. The fraction of sp³-hybridized carbons (Fsp3) is 0.250. The second-order valence-corrected chi connectivity index (χ2v) is 9.04. The summed E-state index contributed by atoms with van der Waals surface area (Å²) in [5, 5.41) is 6.64. The van der Waals surface area contributed by atoms with E-state index in [4.69, 9.17) is 4.52 Å². The minimum absolute atomic E-state index is 0.0777. The highest BCUT2D eigenvalue weighted by molar-refractivity contribution is 7.90. The van der Waals surface area contributed by atoms with Gasteiger partial charge in [-0.1, -0.05) is 35.0 Å². The van der Waals surface area contributed by atoms with Crippen molar-refractivity contribution in [2.24, 2.45) is 0 Å². The molecular formula is C20H23N5O4S. The quantitative estimate of drug-likeness (QED) is 0.617. The molecule has 0 radical (unpaired) electrons. The monoisotopic (exact) mass is 429 g/mol.